The van der Waals surface area contributed by atoms with E-state index in [9.17, 15) is 0 Å². The smallest absolute Gasteiger partial charge is 0.125 e. The van der Waals surface area contributed by atoms with E-state index < -0.39 is 0 Å². The Kier molecular flexibility index (Phi) is 3.63. The van der Waals surface area contributed by atoms with Crippen molar-refractivity contribution in [2.24, 2.45) is 0 Å². The van der Waals surface area contributed by atoms with Gasteiger partial charge in [-0.3, -0.25) is 0 Å². The number of anilines is 1. The van der Waals surface area contributed by atoms with Crippen LogP contribution in [0.3, 0.4) is 0 Å². The van der Waals surface area contributed by atoms with E-state index >= 15 is 0 Å². The van der Waals surface area contributed by atoms with Crippen LogP contribution in [-0.2, 0) is 5.41 Å². The summed E-state index contributed by atoms with van der Waals surface area (Å²) in [5.74, 6) is 0.804. The first-order valence-electron chi connectivity index (χ1n) is 5.76. The highest BCUT2D eigenvalue weighted by molar-refractivity contribution is 7.10. The third kappa shape index (κ3) is 2.88. The topological polar surface area (TPSA) is 48.7 Å². The number of nitrogens with zero attached hydrogens (tertiary/aromatic N) is 2. The molecule has 0 atom stereocenters. The van der Waals surface area contributed by atoms with Gasteiger partial charge < -0.3 is 5.32 Å². The van der Waals surface area contributed by atoms with Crippen molar-refractivity contribution in [3.05, 3.63) is 46.3 Å². The largest absolute Gasteiger partial charge is 0.369 e. The SMILES string of the molecule is CC(C)(CNc1ccc(C#N)cn1)c1cccs1. The lowest BCUT2D eigenvalue weighted by molar-refractivity contribution is 0.568. The van der Waals surface area contributed by atoms with Crippen LogP contribution in [0.1, 0.15) is 24.3 Å². The van der Waals surface area contributed by atoms with Crippen LogP contribution in [0, 0.1) is 11.3 Å². The van der Waals surface area contributed by atoms with Crippen LogP contribution in [0.2, 0.25) is 0 Å². The number of aromatic nitrogens is 1. The molecule has 4 heteroatoms. The van der Waals surface area contributed by atoms with Gasteiger partial charge in [-0.2, -0.15) is 5.26 Å². The molecule has 0 saturated heterocycles. The third-order valence-corrected chi connectivity index (χ3v) is 4.03. The van der Waals surface area contributed by atoms with E-state index in [0.717, 1.165) is 12.4 Å². The molecule has 0 saturated carbocycles. The van der Waals surface area contributed by atoms with Crippen LogP contribution >= 0.6 is 11.3 Å². The van der Waals surface area contributed by atoms with Gasteiger partial charge in [0.05, 0.1) is 5.56 Å². The first-order chi connectivity index (χ1) is 8.62. The molecule has 0 amide bonds. The highest BCUT2D eigenvalue weighted by Gasteiger charge is 2.21. The minimum absolute atomic E-state index is 0.0732. The van der Waals surface area contributed by atoms with Gasteiger partial charge in [0.2, 0.25) is 0 Å². The van der Waals surface area contributed by atoms with Crippen LogP contribution in [0.5, 0.6) is 0 Å². The summed E-state index contributed by atoms with van der Waals surface area (Å²) in [7, 11) is 0. The second-order valence-electron chi connectivity index (χ2n) is 4.76. The standard InChI is InChI=1S/C14H15N3S/c1-14(2,12-4-3-7-18-12)10-17-13-6-5-11(8-15)9-16-13/h3-7,9H,10H2,1-2H3,(H,16,17). The fourth-order valence-corrected chi connectivity index (χ4v) is 2.48. The maximum absolute atomic E-state index is 8.70. The lowest BCUT2D eigenvalue weighted by Gasteiger charge is -2.23. The number of rotatable bonds is 4. The Morgan fingerprint density at radius 1 is 1.39 bits per heavy atom. The quantitative estimate of drug-likeness (QED) is 0.913. The van der Waals surface area contributed by atoms with Gasteiger partial charge in [-0.1, -0.05) is 19.9 Å². The van der Waals surface area contributed by atoms with Crippen molar-refractivity contribution >= 4 is 17.2 Å². The highest BCUT2D eigenvalue weighted by Crippen LogP contribution is 2.27. The van der Waals surface area contributed by atoms with Crippen molar-refractivity contribution < 1.29 is 0 Å². The molecular formula is C14H15N3S. The monoisotopic (exact) mass is 257 g/mol. The average Bonchev–Trinajstić information content (AvgIpc) is 2.92. The average molecular weight is 257 g/mol. The first-order valence-corrected chi connectivity index (χ1v) is 6.64. The zero-order valence-corrected chi connectivity index (χ0v) is 11.3. The van der Waals surface area contributed by atoms with E-state index in [1.165, 1.54) is 4.88 Å². The molecule has 92 valence electrons. The van der Waals surface area contributed by atoms with Crippen LogP contribution < -0.4 is 5.32 Å². The summed E-state index contributed by atoms with van der Waals surface area (Å²) in [5, 5.41) is 14.1. The normalized spacial score (nSPS) is 10.9. The predicted octanol–water partition coefficient (Wildman–Crippen LogP) is 3.40. The van der Waals surface area contributed by atoms with E-state index in [2.05, 4.69) is 47.7 Å². The fourth-order valence-electron chi connectivity index (χ4n) is 1.63. The molecule has 1 N–H and O–H groups in total. The summed E-state index contributed by atoms with van der Waals surface area (Å²) in [4.78, 5) is 5.55. The van der Waals surface area contributed by atoms with Gasteiger partial charge in [-0.15, -0.1) is 11.3 Å². The number of hydrogen-bond donors (Lipinski definition) is 1. The second-order valence-corrected chi connectivity index (χ2v) is 5.71. The molecule has 0 fully saturated rings. The molecule has 0 bridgehead atoms. The molecule has 0 aliphatic rings. The second kappa shape index (κ2) is 5.19. The van der Waals surface area contributed by atoms with Crippen molar-refractivity contribution in [3.8, 4) is 6.07 Å². The molecule has 2 heterocycles. The molecule has 2 aromatic rings. The van der Waals surface area contributed by atoms with E-state index in [1.54, 1.807) is 23.6 Å². The van der Waals surface area contributed by atoms with Crippen LogP contribution in [0.4, 0.5) is 5.82 Å². The number of pyridine rings is 1. The fraction of sp³-hybridized carbons (Fsp3) is 0.286. The lowest BCUT2D eigenvalue weighted by Crippen LogP contribution is -2.26. The minimum Gasteiger partial charge on any atom is -0.369 e. The Hall–Kier alpha value is -1.86. The van der Waals surface area contributed by atoms with E-state index in [0.29, 0.717) is 5.56 Å². The number of nitrogens with one attached hydrogen (secondary N) is 1. The van der Waals surface area contributed by atoms with Gasteiger partial charge in [-0.25, -0.2) is 4.98 Å². The van der Waals surface area contributed by atoms with Crippen LogP contribution in [0.15, 0.2) is 35.8 Å². The highest BCUT2D eigenvalue weighted by atomic mass is 32.1. The molecule has 3 nitrogen and oxygen atoms in total. The summed E-state index contributed by atoms with van der Waals surface area (Å²) >= 11 is 1.77. The molecule has 0 spiro atoms. The Morgan fingerprint density at radius 2 is 2.22 bits per heavy atom. The first kappa shape index (κ1) is 12.6. The molecule has 0 radical (unpaired) electrons. The molecule has 0 unspecified atom stereocenters. The summed E-state index contributed by atoms with van der Waals surface area (Å²) in [5.41, 5.74) is 0.655. The van der Waals surface area contributed by atoms with Gasteiger partial charge in [0, 0.05) is 23.0 Å². The summed E-state index contributed by atoms with van der Waals surface area (Å²) < 4.78 is 0. The minimum atomic E-state index is 0.0732. The Balaban J connectivity index is 2.01. The maximum atomic E-state index is 8.70. The van der Waals surface area contributed by atoms with Gasteiger partial charge in [0.15, 0.2) is 0 Å². The predicted molar refractivity (Wildman–Crippen MR) is 74.8 cm³/mol. The Morgan fingerprint density at radius 3 is 2.78 bits per heavy atom. The van der Waals surface area contributed by atoms with Gasteiger partial charge >= 0.3 is 0 Å². The Bertz CT molecular complexity index is 535. The molecular weight excluding hydrogens is 242 g/mol. The number of thiophene rings is 1. The van der Waals surface area contributed by atoms with E-state index in [1.807, 2.05) is 6.07 Å². The maximum Gasteiger partial charge on any atom is 0.125 e. The third-order valence-electron chi connectivity index (χ3n) is 2.79. The Labute approximate surface area is 111 Å². The van der Waals surface area contributed by atoms with Gasteiger partial charge in [-0.05, 0) is 23.6 Å². The molecule has 0 aliphatic heterocycles. The van der Waals surface area contributed by atoms with Crippen LogP contribution in [0.25, 0.3) is 0 Å². The summed E-state index contributed by atoms with van der Waals surface area (Å²) in [6.07, 6.45) is 1.58. The zero-order chi connectivity index (χ0) is 13.0. The summed E-state index contributed by atoms with van der Waals surface area (Å²) in [6.45, 7) is 5.22. The molecule has 0 aliphatic carbocycles. The van der Waals surface area contributed by atoms with Crippen molar-refractivity contribution in [1.82, 2.24) is 4.98 Å². The van der Waals surface area contributed by atoms with Crippen molar-refractivity contribution in [2.45, 2.75) is 19.3 Å². The number of nitriles is 1. The van der Waals surface area contributed by atoms with E-state index in [-0.39, 0.29) is 5.41 Å². The van der Waals surface area contributed by atoms with Crippen molar-refractivity contribution in [3.63, 3.8) is 0 Å². The van der Waals surface area contributed by atoms with Gasteiger partial charge in [0.25, 0.3) is 0 Å². The van der Waals surface area contributed by atoms with Gasteiger partial charge in [0.1, 0.15) is 11.9 Å². The zero-order valence-electron chi connectivity index (χ0n) is 10.5. The number of hydrogen-bond acceptors (Lipinski definition) is 4. The molecule has 0 aromatic carbocycles. The molecule has 2 aromatic heterocycles. The van der Waals surface area contributed by atoms with Crippen LogP contribution in [-0.4, -0.2) is 11.5 Å². The van der Waals surface area contributed by atoms with Crippen molar-refractivity contribution in [2.75, 3.05) is 11.9 Å². The molecule has 18 heavy (non-hydrogen) atoms. The van der Waals surface area contributed by atoms with Crippen molar-refractivity contribution in [1.29, 1.82) is 5.26 Å². The lowest BCUT2D eigenvalue weighted by atomic mass is 9.91. The summed E-state index contributed by atoms with van der Waals surface area (Å²) in [6, 6.07) is 9.89. The van der Waals surface area contributed by atoms with E-state index in [4.69, 9.17) is 5.26 Å². The molecule has 2 rings (SSSR count).